The highest BCUT2D eigenvalue weighted by Gasteiger charge is 2.17. The molecule has 17 heavy (non-hydrogen) atoms. The van der Waals surface area contributed by atoms with Gasteiger partial charge >= 0.3 is 0 Å². The monoisotopic (exact) mass is 293 g/mol. The van der Waals surface area contributed by atoms with Crippen LogP contribution in [0.2, 0.25) is 0 Å². The van der Waals surface area contributed by atoms with E-state index in [1.54, 1.807) is 6.07 Å². The summed E-state index contributed by atoms with van der Waals surface area (Å²) >= 11 is 3.49. The summed E-state index contributed by atoms with van der Waals surface area (Å²) in [4.78, 5) is 15.5. The molecule has 2 nitrogen and oxygen atoms in total. The summed E-state index contributed by atoms with van der Waals surface area (Å²) in [6.07, 6.45) is 0. The minimum Gasteiger partial charge on any atom is -0.357 e. The molecule has 0 fully saturated rings. The first kappa shape index (κ1) is 12.4. The molecule has 0 amide bonds. The molecule has 0 saturated heterocycles. The van der Waals surface area contributed by atoms with Gasteiger partial charge in [0.05, 0.1) is 5.52 Å². The number of benzene rings is 1. The molecule has 0 spiro atoms. The number of nitrogens with one attached hydrogen (secondary N) is 1. The van der Waals surface area contributed by atoms with Crippen molar-refractivity contribution in [1.29, 1.82) is 0 Å². The molecule has 0 bridgehead atoms. The van der Waals surface area contributed by atoms with Gasteiger partial charge in [0.25, 0.3) is 0 Å². The summed E-state index contributed by atoms with van der Waals surface area (Å²) in [5, 5.41) is 0.749. The van der Waals surface area contributed by atoms with E-state index in [1.807, 2.05) is 19.1 Å². The lowest BCUT2D eigenvalue weighted by molar-refractivity contribution is 0.571. The molecule has 0 atom stereocenters. The van der Waals surface area contributed by atoms with Gasteiger partial charge in [-0.3, -0.25) is 4.79 Å². The van der Waals surface area contributed by atoms with E-state index in [4.69, 9.17) is 0 Å². The van der Waals surface area contributed by atoms with E-state index in [1.165, 1.54) is 0 Å². The number of H-pyrrole nitrogens is 1. The standard InChI is InChI=1S/C14H16BrNO/c1-8-10(15)6-5-9-11(17)7-12(14(2,3)4)16-13(8)9/h5-7H,1-4H3,(H,16,17). The lowest BCUT2D eigenvalue weighted by atomic mass is 9.91. The van der Waals surface area contributed by atoms with E-state index >= 15 is 0 Å². The molecular weight excluding hydrogens is 278 g/mol. The van der Waals surface area contributed by atoms with Gasteiger partial charge in [0, 0.05) is 27.0 Å². The van der Waals surface area contributed by atoms with Gasteiger partial charge in [0.15, 0.2) is 5.43 Å². The van der Waals surface area contributed by atoms with Gasteiger partial charge in [-0.2, -0.15) is 0 Å². The lowest BCUT2D eigenvalue weighted by Crippen LogP contribution is -2.17. The third-order valence-electron chi connectivity index (χ3n) is 3.01. The predicted molar refractivity (Wildman–Crippen MR) is 75.7 cm³/mol. The second-order valence-corrected chi connectivity index (χ2v) is 6.25. The van der Waals surface area contributed by atoms with Crippen LogP contribution in [0.4, 0.5) is 0 Å². The Hall–Kier alpha value is -1.09. The second kappa shape index (κ2) is 3.98. The number of aromatic nitrogens is 1. The summed E-state index contributed by atoms with van der Waals surface area (Å²) in [5.41, 5.74) is 3.00. The quantitative estimate of drug-likeness (QED) is 0.785. The first-order chi connectivity index (χ1) is 7.80. The van der Waals surface area contributed by atoms with Crippen LogP contribution in [0, 0.1) is 6.92 Å². The fourth-order valence-electron chi connectivity index (χ4n) is 1.84. The molecule has 0 aliphatic heterocycles. The number of hydrogen-bond donors (Lipinski definition) is 1. The van der Waals surface area contributed by atoms with E-state index < -0.39 is 0 Å². The molecule has 1 aromatic carbocycles. The number of halogens is 1. The Balaban J connectivity index is 2.89. The maximum absolute atomic E-state index is 12.1. The summed E-state index contributed by atoms with van der Waals surface area (Å²) in [7, 11) is 0. The Morgan fingerprint density at radius 3 is 2.47 bits per heavy atom. The molecular formula is C14H16BrNO. The lowest BCUT2D eigenvalue weighted by Gasteiger charge is -2.19. The maximum Gasteiger partial charge on any atom is 0.189 e. The van der Waals surface area contributed by atoms with Crippen molar-refractivity contribution in [2.24, 2.45) is 0 Å². The summed E-state index contributed by atoms with van der Waals surface area (Å²) < 4.78 is 1.02. The van der Waals surface area contributed by atoms with Crippen molar-refractivity contribution in [3.8, 4) is 0 Å². The van der Waals surface area contributed by atoms with E-state index in [0.29, 0.717) is 0 Å². The Kier molecular flexibility index (Phi) is 2.90. The van der Waals surface area contributed by atoms with Gasteiger partial charge in [-0.15, -0.1) is 0 Å². The second-order valence-electron chi connectivity index (χ2n) is 5.39. The normalized spacial score (nSPS) is 12.1. The Labute approximate surface area is 109 Å². The summed E-state index contributed by atoms with van der Waals surface area (Å²) in [6, 6.07) is 5.48. The highest BCUT2D eigenvalue weighted by atomic mass is 79.9. The fraction of sp³-hybridized carbons (Fsp3) is 0.357. The van der Waals surface area contributed by atoms with Crippen LogP contribution in [0.25, 0.3) is 10.9 Å². The first-order valence-electron chi connectivity index (χ1n) is 5.63. The number of rotatable bonds is 0. The smallest absolute Gasteiger partial charge is 0.189 e. The van der Waals surface area contributed by atoms with E-state index in [9.17, 15) is 4.79 Å². The van der Waals surface area contributed by atoms with Gasteiger partial charge in [-0.05, 0) is 24.6 Å². The van der Waals surface area contributed by atoms with E-state index in [-0.39, 0.29) is 10.8 Å². The topological polar surface area (TPSA) is 32.9 Å². The minimum atomic E-state index is -0.0535. The molecule has 1 N–H and O–H groups in total. The van der Waals surface area contributed by atoms with Crippen LogP contribution < -0.4 is 5.43 Å². The number of hydrogen-bond acceptors (Lipinski definition) is 1. The minimum absolute atomic E-state index is 0.0535. The molecule has 2 aromatic rings. The molecule has 0 saturated carbocycles. The van der Waals surface area contributed by atoms with Gasteiger partial charge in [-0.1, -0.05) is 36.7 Å². The van der Waals surface area contributed by atoms with Crippen LogP contribution in [0.1, 0.15) is 32.0 Å². The summed E-state index contributed by atoms with van der Waals surface area (Å²) in [6.45, 7) is 8.29. The molecule has 0 radical (unpaired) electrons. The van der Waals surface area contributed by atoms with Crippen molar-refractivity contribution in [1.82, 2.24) is 4.98 Å². The fourth-order valence-corrected chi connectivity index (χ4v) is 2.17. The van der Waals surface area contributed by atoms with Crippen molar-refractivity contribution < 1.29 is 0 Å². The van der Waals surface area contributed by atoms with Crippen molar-refractivity contribution in [2.75, 3.05) is 0 Å². The van der Waals surface area contributed by atoms with Gasteiger partial charge in [0.2, 0.25) is 0 Å². The average Bonchev–Trinajstić information content (AvgIpc) is 2.22. The van der Waals surface area contributed by atoms with Crippen molar-refractivity contribution >= 4 is 26.8 Å². The Morgan fingerprint density at radius 2 is 1.88 bits per heavy atom. The zero-order valence-electron chi connectivity index (χ0n) is 10.5. The van der Waals surface area contributed by atoms with Gasteiger partial charge in [-0.25, -0.2) is 0 Å². The summed E-state index contributed by atoms with van der Waals surface area (Å²) in [5.74, 6) is 0. The number of pyridine rings is 1. The zero-order valence-corrected chi connectivity index (χ0v) is 12.1. The van der Waals surface area contributed by atoms with Crippen LogP contribution in [-0.4, -0.2) is 4.98 Å². The van der Waals surface area contributed by atoms with Crippen LogP contribution >= 0.6 is 15.9 Å². The molecule has 90 valence electrons. The Morgan fingerprint density at radius 1 is 1.24 bits per heavy atom. The van der Waals surface area contributed by atoms with E-state index in [2.05, 4.69) is 41.7 Å². The largest absolute Gasteiger partial charge is 0.357 e. The Bertz CT molecular complexity index is 635. The highest BCUT2D eigenvalue weighted by Crippen LogP contribution is 2.25. The molecule has 1 heterocycles. The van der Waals surface area contributed by atoms with Crippen LogP contribution in [0.15, 0.2) is 27.5 Å². The molecule has 0 unspecified atom stereocenters. The zero-order chi connectivity index (χ0) is 12.8. The third-order valence-corrected chi connectivity index (χ3v) is 3.87. The number of fused-ring (bicyclic) bond motifs is 1. The van der Waals surface area contributed by atoms with E-state index in [0.717, 1.165) is 26.6 Å². The van der Waals surface area contributed by atoms with Crippen LogP contribution in [-0.2, 0) is 5.41 Å². The molecule has 2 rings (SSSR count). The van der Waals surface area contributed by atoms with Gasteiger partial charge in [0.1, 0.15) is 0 Å². The average molecular weight is 294 g/mol. The van der Waals surface area contributed by atoms with Gasteiger partial charge < -0.3 is 4.98 Å². The maximum atomic E-state index is 12.1. The van der Waals surface area contributed by atoms with Crippen LogP contribution in [0.5, 0.6) is 0 Å². The first-order valence-corrected chi connectivity index (χ1v) is 6.42. The van der Waals surface area contributed by atoms with Crippen LogP contribution in [0.3, 0.4) is 0 Å². The SMILES string of the molecule is Cc1c(Br)ccc2c(=O)cc(C(C)(C)C)[nH]c12. The molecule has 0 aliphatic carbocycles. The number of aromatic amines is 1. The molecule has 1 aromatic heterocycles. The van der Waals surface area contributed by atoms with Crippen molar-refractivity contribution in [3.63, 3.8) is 0 Å². The predicted octanol–water partition coefficient (Wildman–Crippen LogP) is 3.90. The number of aryl methyl sites for hydroxylation is 1. The highest BCUT2D eigenvalue weighted by molar-refractivity contribution is 9.10. The van der Waals surface area contributed by atoms with Crippen molar-refractivity contribution in [2.45, 2.75) is 33.1 Å². The van der Waals surface area contributed by atoms with Crippen molar-refractivity contribution in [3.05, 3.63) is 44.2 Å². The molecule has 3 heteroatoms. The molecule has 0 aliphatic rings. The third kappa shape index (κ3) is 2.16.